The average molecular weight is 312 g/mol. The van der Waals surface area contributed by atoms with E-state index < -0.39 is 17.8 Å². The number of hydrogen-bond donors (Lipinski definition) is 3. The molecule has 0 aliphatic rings. The SMILES string of the molecule is N#Cc1cccc(NC(=O)NCC(=O)Nc2cccc(F)c2)c1. The highest BCUT2D eigenvalue weighted by molar-refractivity contribution is 5.96. The average Bonchev–Trinajstić information content (AvgIpc) is 2.53. The van der Waals surface area contributed by atoms with Crippen LogP contribution >= 0.6 is 0 Å². The van der Waals surface area contributed by atoms with E-state index in [0.717, 1.165) is 0 Å². The van der Waals surface area contributed by atoms with Crippen molar-refractivity contribution in [1.82, 2.24) is 5.32 Å². The molecule has 0 heterocycles. The Labute approximate surface area is 131 Å². The Kier molecular flexibility index (Phi) is 5.25. The van der Waals surface area contributed by atoms with Crippen LogP contribution in [0.15, 0.2) is 48.5 Å². The molecule has 0 saturated carbocycles. The van der Waals surface area contributed by atoms with Gasteiger partial charge < -0.3 is 16.0 Å². The van der Waals surface area contributed by atoms with Crippen LogP contribution in [0.5, 0.6) is 0 Å². The first kappa shape index (κ1) is 16.0. The fourth-order valence-electron chi connectivity index (χ4n) is 1.77. The number of nitrogens with one attached hydrogen (secondary N) is 3. The third kappa shape index (κ3) is 5.13. The van der Waals surface area contributed by atoms with E-state index in [9.17, 15) is 14.0 Å². The lowest BCUT2D eigenvalue weighted by Crippen LogP contribution is -2.35. The summed E-state index contributed by atoms with van der Waals surface area (Å²) in [6.07, 6.45) is 0. The van der Waals surface area contributed by atoms with Crippen molar-refractivity contribution in [2.24, 2.45) is 0 Å². The first-order valence-corrected chi connectivity index (χ1v) is 6.67. The van der Waals surface area contributed by atoms with Crippen molar-refractivity contribution in [2.45, 2.75) is 0 Å². The van der Waals surface area contributed by atoms with Crippen molar-refractivity contribution < 1.29 is 14.0 Å². The lowest BCUT2D eigenvalue weighted by Gasteiger charge is -2.08. The number of carbonyl (C=O) groups excluding carboxylic acids is 2. The van der Waals surface area contributed by atoms with Gasteiger partial charge in [-0.1, -0.05) is 12.1 Å². The zero-order valence-electron chi connectivity index (χ0n) is 12.0. The molecule has 0 spiro atoms. The molecule has 2 rings (SSSR count). The molecule has 0 radical (unpaired) electrons. The largest absolute Gasteiger partial charge is 0.329 e. The third-order valence-corrected chi connectivity index (χ3v) is 2.77. The molecule has 7 heteroatoms. The molecular weight excluding hydrogens is 299 g/mol. The quantitative estimate of drug-likeness (QED) is 0.809. The maximum Gasteiger partial charge on any atom is 0.319 e. The molecule has 23 heavy (non-hydrogen) atoms. The van der Waals surface area contributed by atoms with E-state index in [1.165, 1.54) is 30.3 Å². The molecule has 2 aromatic rings. The van der Waals surface area contributed by atoms with Gasteiger partial charge >= 0.3 is 6.03 Å². The summed E-state index contributed by atoms with van der Waals surface area (Å²) in [6, 6.07) is 13.2. The minimum atomic E-state index is -0.588. The zero-order chi connectivity index (χ0) is 16.7. The molecule has 2 aromatic carbocycles. The summed E-state index contributed by atoms with van der Waals surface area (Å²) in [7, 11) is 0. The number of amides is 3. The number of nitrogens with zero attached hydrogens (tertiary/aromatic N) is 1. The van der Waals surface area contributed by atoms with Gasteiger partial charge in [0, 0.05) is 11.4 Å². The number of urea groups is 1. The minimum Gasteiger partial charge on any atom is -0.329 e. The van der Waals surface area contributed by atoms with Gasteiger partial charge in [0.2, 0.25) is 5.91 Å². The molecule has 3 amide bonds. The number of rotatable bonds is 4. The predicted octanol–water partition coefficient (Wildman–Crippen LogP) is 2.46. The fourth-order valence-corrected chi connectivity index (χ4v) is 1.77. The van der Waals surface area contributed by atoms with Crippen molar-refractivity contribution in [3.05, 3.63) is 59.9 Å². The van der Waals surface area contributed by atoms with Gasteiger partial charge in [-0.05, 0) is 36.4 Å². The van der Waals surface area contributed by atoms with Gasteiger partial charge in [-0.15, -0.1) is 0 Å². The van der Waals surface area contributed by atoms with E-state index >= 15 is 0 Å². The Morgan fingerprint density at radius 1 is 1.04 bits per heavy atom. The second kappa shape index (κ2) is 7.56. The highest BCUT2D eigenvalue weighted by Gasteiger charge is 2.07. The molecule has 0 saturated heterocycles. The second-order valence-corrected chi connectivity index (χ2v) is 4.56. The van der Waals surface area contributed by atoms with Gasteiger partial charge in [0.25, 0.3) is 0 Å². The summed E-state index contributed by atoms with van der Waals surface area (Å²) < 4.78 is 13.0. The molecule has 116 valence electrons. The van der Waals surface area contributed by atoms with E-state index in [1.807, 2.05) is 6.07 Å². The van der Waals surface area contributed by atoms with E-state index in [0.29, 0.717) is 16.9 Å². The topological polar surface area (TPSA) is 94.0 Å². The van der Waals surface area contributed by atoms with Gasteiger partial charge in [-0.3, -0.25) is 4.79 Å². The van der Waals surface area contributed by atoms with Crippen molar-refractivity contribution in [3.63, 3.8) is 0 Å². The molecule has 0 aromatic heterocycles. The number of halogens is 1. The van der Waals surface area contributed by atoms with Crippen LogP contribution in [0.3, 0.4) is 0 Å². The maximum atomic E-state index is 13.0. The van der Waals surface area contributed by atoms with Crippen molar-refractivity contribution >= 4 is 23.3 Å². The summed E-state index contributed by atoms with van der Waals surface area (Å²) in [5, 5.41) is 16.1. The van der Waals surface area contributed by atoms with Crippen molar-refractivity contribution in [3.8, 4) is 6.07 Å². The molecular formula is C16H13FN4O2. The molecule has 0 atom stereocenters. The Balaban J connectivity index is 1.82. The van der Waals surface area contributed by atoms with E-state index in [-0.39, 0.29) is 6.54 Å². The summed E-state index contributed by atoms with van der Waals surface area (Å²) in [5.41, 5.74) is 1.15. The fraction of sp³-hybridized carbons (Fsp3) is 0.0625. The van der Waals surface area contributed by atoms with Crippen LogP contribution in [0, 0.1) is 17.1 Å². The van der Waals surface area contributed by atoms with Gasteiger partial charge in [0.05, 0.1) is 18.2 Å². The first-order chi connectivity index (χ1) is 11.1. The Hall–Kier alpha value is -3.40. The van der Waals surface area contributed by atoms with Crippen molar-refractivity contribution in [1.29, 1.82) is 5.26 Å². The number of hydrogen-bond acceptors (Lipinski definition) is 3. The Morgan fingerprint density at radius 2 is 1.74 bits per heavy atom. The molecule has 0 bridgehead atoms. The van der Waals surface area contributed by atoms with E-state index in [4.69, 9.17) is 5.26 Å². The highest BCUT2D eigenvalue weighted by Crippen LogP contribution is 2.10. The summed E-state index contributed by atoms with van der Waals surface area (Å²) >= 11 is 0. The monoisotopic (exact) mass is 312 g/mol. The minimum absolute atomic E-state index is 0.277. The number of benzene rings is 2. The maximum absolute atomic E-state index is 13.0. The van der Waals surface area contributed by atoms with Crippen LogP contribution in [0.2, 0.25) is 0 Å². The molecule has 0 unspecified atom stereocenters. The Morgan fingerprint density at radius 3 is 2.43 bits per heavy atom. The third-order valence-electron chi connectivity index (χ3n) is 2.77. The molecule has 0 aliphatic heterocycles. The lowest BCUT2D eigenvalue weighted by atomic mass is 10.2. The normalized spacial score (nSPS) is 9.57. The van der Waals surface area contributed by atoms with Gasteiger partial charge in [0.1, 0.15) is 5.82 Å². The Bertz CT molecular complexity index is 771. The molecule has 3 N–H and O–H groups in total. The van der Waals surface area contributed by atoms with E-state index in [1.54, 1.807) is 18.2 Å². The first-order valence-electron chi connectivity index (χ1n) is 6.67. The lowest BCUT2D eigenvalue weighted by molar-refractivity contribution is -0.115. The van der Waals surface area contributed by atoms with Crippen LogP contribution in [0.1, 0.15) is 5.56 Å². The highest BCUT2D eigenvalue weighted by atomic mass is 19.1. The smallest absolute Gasteiger partial charge is 0.319 e. The van der Waals surface area contributed by atoms with Crippen molar-refractivity contribution in [2.75, 3.05) is 17.2 Å². The standard InChI is InChI=1S/C16H13FN4O2/c17-12-4-2-6-14(8-12)20-15(22)10-19-16(23)21-13-5-1-3-11(7-13)9-18/h1-8H,10H2,(H,20,22)(H2,19,21,23). The number of anilines is 2. The van der Waals surface area contributed by atoms with Crippen LogP contribution in [-0.2, 0) is 4.79 Å². The summed E-state index contributed by atoms with van der Waals surface area (Å²) in [6.45, 7) is -0.277. The van der Waals surface area contributed by atoms with Crippen LogP contribution < -0.4 is 16.0 Å². The molecule has 0 aliphatic carbocycles. The van der Waals surface area contributed by atoms with Gasteiger partial charge in [-0.25, -0.2) is 9.18 Å². The molecule has 0 fully saturated rings. The van der Waals surface area contributed by atoms with Crippen LogP contribution in [0.25, 0.3) is 0 Å². The number of carbonyl (C=O) groups is 2. The van der Waals surface area contributed by atoms with Gasteiger partial charge in [0.15, 0.2) is 0 Å². The van der Waals surface area contributed by atoms with Crippen LogP contribution in [-0.4, -0.2) is 18.5 Å². The number of nitriles is 1. The second-order valence-electron chi connectivity index (χ2n) is 4.56. The zero-order valence-corrected chi connectivity index (χ0v) is 12.0. The predicted molar refractivity (Wildman–Crippen MR) is 83.2 cm³/mol. The van der Waals surface area contributed by atoms with Gasteiger partial charge in [-0.2, -0.15) is 5.26 Å². The summed E-state index contributed by atoms with van der Waals surface area (Å²) in [4.78, 5) is 23.3. The summed E-state index contributed by atoms with van der Waals surface area (Å²) in [5.74, 6) is -0.956. The van der Waals surface area contributed by atoms with E-state index in [2.05, 4.69) is 16.0 Å². The van der Waals surface area contributed by atoms with Crippen LogP contribution in [0.4, 0.5) is 20.6 Å². The molecule has 6 nitrogen and oxygen atoms in total.